The Morgan fingerprint density at radius 2 is 2.00 bits per heavy atom. The number of aryl methyl sites for hydroxylation is 2. The van der Waals surface area contributed by atoms with Crippen molar-refractivity contribution in [2.24, 2.45) is 5.10 Å². The summed E-state index contributed by atoms with van der Waals surface area (Å²) in [4.78, 5) is 11.9. The Bertz CT molecular complexity index is 627. The molecule has 4 heteroatoms. The summed E-state index contributed by atoms with van der Waals surface area (Å²) in [6.45, 7) is 5.59. The number of carbonyl (C=O) groups is 1. The molecule has 1 heterocycles. The van der Waals surface area contributed by atoms with Crippen LogP contribution in [0.2, 0.25) is 0 Å². The second-order valence-electron chi connectivity index (χ2n) is 4.42. The minimum atomic E-state index is -0.230. The van der Waals surface area contributed by atoms with Crippen molar-refractivity contribution in [3.8, 4) is 0 Å². The predicted octanol–water partition coefficient (Wildman–Crippen LogP) is 3.05. The van der Waals surface area contributed by atoms with Crippen molar-refractivity contribution in [3.05, 3.63) is 59.0 Å². The molecule has 0 atom stereocenters. The number of furan rings is 1. The van der Waals surface area contributed by atoms with Gasteiger partial charge in [0.25, 0.3) is 5.91 Å². The molecule has 1 amide bonds. The van der Waals surface area contributed by atoms with E-state index in [1.807, 2.05) is 44.2 Å². The van der Waals surface area contributed by atoms with E-state index in [-0.39, 0.29) is 5.91 Å². The van der Waals surface area contributed by atoms with Crippen LogP contribution in [0.5, 0.6) is 0 Å². The molecular weight excluding hydrogens is 240 g/mol. The number of rotatable bonds is 3. The van der Waals surface area contributed by atoms with E-state index in [2.05, 4.69) is 10.5 Å². The predicted molar refractivity (Wildman–Crippen MR) is 74.3 cm³/mol. The molecule has 0 radical (unpaired) electrons. The largest absolute Gasteiger partial charge is 0.460 e. The molecule has 0 bridgehead atoms. The summed E-state index contributed by atoms with van der Waals surface area (Å²) in [5, 5.41) is 4.04. The molecule has 2 aromatic rings. The maximum Gasteiger partial charge on any atom is 0.271 e. The second-order valence-corrected chi connectivity index (χ2v) is 4.42. The molecule has 0 unspecified atom stereocenters. The van der Waals surface area contributed by atoms with Crippen LogP contribution in [0.4, 0.5) is 0 Å². The van der Waals surface area contributed by atoms with Crippen LogP contribution in [0.25, 0.3) is 0 Å². The monoisotopic (exact) mass is 256 g/mol. The lowest BCUT2D eigenvalue weighted by atomic mass is 10.1. The number of hydrogen-bond acceptors (Lipinski definition) is 3. The topological polar surface area (TPSA) is 54.6 Å². The van der Waals surface area contributed by atoms with Crippen LogP contribution in [-0.4, -0.2) is 11.6 Å². The fraction of sp³-hybridized carbons (Fsp3) is 0.200. The molecule has 2 rings (SSSR count). The number of benzene rings is 1. The van der Waals surface area contributed by atoms with E-state index in [4.69, 9.17) is 4.42 Å². The van der Waals surface area contributed by atoms with E-state index in [1.54, 1.807) is 13.0 Å². The van der Waals surface area contributed by atoms with Gasteiger partial charge in [-0.3, -0.25) is 4.79 Å². The van der Waals surface area contributed by atoms with Gasteiger partial charge in [0.1, 0.15) is 17.2 Å². The van der Waals surface area contributed by atoms with E-state index in [0.717, 1.165) is 11.3 Å². The molecule has 4 nitrogen and oxygen atoms in total. The zero-order valence-electron chi connectivity index (χ0n) is 11.2. The average Bonchev–Trinajstić information content (AvgIpc) is 2.82. The van der Waals surface area contributed by atoms with Crippen LogP contribution in [0.1, 0.15) is 34.4 Å². The Morgan fingerprint density at radius 1 is 1.21 bits per heavy atom. The molecular formula is C15H16N2O2. The first-order chi connectivity index (χ1) is 9.06. The maximum absolute atomic E-state index is 11.9. The van der Waals surface area contributed by atoms with Gasteiger partial charge >= 0.3 is 0 Å². The van der Waals surface area contributed by atoms with Crippen molar-refractivity contribution in [2.75, 3.05) is 0 Å². The summed E-state index contributed by atoms with van der Waals surface area (Å²) in [6, 6.07) is 11.0. The van der Waals surface area contributed by atoms with E-state index < -0.39 is 0 Å². The molecule has 0 saturated carbocycles. The van der Waals surface area contributed by atoms with Crippen molar-refractivity contribution >= 4 is 11.6 Å². The number of amides is 1. The number of carbonyl (C=O) groups excluding carboxylic acids is 1. The van der Waals surface area contributed by atoms with Gasteiger partial charge in [0, 0.05) is 5.56 Å². The summed E-state index contributed by atoms with van der Waals surface area (Å²) < 4.78 is 5.42. The minimum absolute atomic E-state index is 0.230. The van der Waals surface area contributed by atoms with Crippen LogP contribution in [0.15, 0.2) is 45.9 Å². The molecule has 0 aliphatic carbocycles. The Hall–Kier alpha value is -2.36. The third-order valence-electron chi connectivity index (χ3n) is 2.70. The standard InChI is InChI=1S/C15H16N2O2/c1-10-5-4-6-13(9-10)15(18)17-16-12(3)14-8-7-11(2)19-14/h4-9H,1-3H3,(H,17,18). The normalized spacial score (nSPS) is 11.4. The van der Waals surface area contributed by atoms with Gasteiger partial charge in [-0.1, -0.05) is 17.7 Å². The maximum atomic E-state index is 11.9. The minimum Gasteiger partial charge on any atom is -0.460 e. The van der Waals surface area contributed by atoms with Gasteiger partial charge in [-0.2, -0.15) is 5.10 Å². The molecule has 1 N–H and O–H groups in total. The van der Waals surface area contributed by atoms with Gasteiger partial charge in [-0.15, -0.1) is 0 Å². The van der Waals surface area contributed by atoms with E-state index in [9.17, 15) is 4.79 Å². The summed E-state index contributed by atoms with van der Waals surface area (Å²) >= 11 is 0. The molecule has 0 saturated heterocycles. The lowest BCUT2D eigenvalue weighted by Crippen LogP contribution is -2.19. The molecule has 0 aliphatic rings. The fourth-order valence-corrected chi connectivity index (χ4v) is 1.67. The SMILES string of the molecule is CC(=NNC(=O)c1cccc(C)c1)c1ccc(C)o1. The summed E-state index contributed by atoms with van der Waals surface area (Å²) in [5.41, 5.74) is 4.78. The number of hydrogen-bond donors (Lipinski definition) is 1. The highest BCUT2D eigenvalue weighted by Gasteiger charge is 2.06. The number of nitrogens with one attached hydrogen (secondary N) is 1. The number of nitrogens with zero attached hydrogens (tertiary/aromatic N) is 1. The van der Waals surface area contributed by atoms with Crippen LogP contribution in [0.3, 0.4) is 0 Å². The summed E-state index contributed by atoms with van der Waals surface area (Å²) in [6.07, 6.45) is 0. The quantitative estimate of drug-likeness (QED) is 0.677. The highest BCUT2D eigenvalue weighted by Crippen LogP contribution is 2.07. The van der Waals surface area contributed by atoms with Crippen molar-refractivity contribution in [1.29, 1.82) is 0 Å². The van der Waals surface area contributed by atoms with Crippen LogP contribution in [0, 0.1) is 13.8 Å². The molecule has 0 spiro atoms. The van der Waals surface area contributed by atoms with Crippen molar-refractivity contribution in [3.63, 3.8) is 0 Å². The molecule has 98 valence electrons. The van der Waals surface area contributed by atoms with E-state index >= 15 is 0 Å². The third-order valence-corrected chi connectivity index (χ3v) is 2.70. The highest BCUT2D eigenvalue weighted by atomic mass is 16.3. The van der Waals surface area contributed by atoms with E-state index in [0.29, 0.717) is 17.0 Å². The Balaban J connectivity index is 2.07. The zero-order valence-corrected chi connectivity index (χ0v) is 11.2. The lowest BCUT2D eigenvalue weighted by Gasteiger charge is -2.02. The van der Waals surface area contributed by atoms with Gasteiger partial charge in [0.15, 0.2) is 0 Å². The molecule has 0 fully saturated rings. The van der Waals surface area contributed by atoms with Gasteiger partial charge in [0.05, 0.1) is 0 Å². The van der Waals surface area contributed by atoms with Gasteiger partial charge in [0.2, 0.25) is 0 Å². The zero-order chi connectivity index (χ0) is 13.8. The van der Waals surface area contributed by atoms with E-state index in [1.165, 1.54) is 0 Å². The van der Waals surface area contributed by atoms with Gasteiger partial charge in [-0.25, -0.2) is 5.43 Å². The van der Waals surface area contributed by atoms with Gasteiger partial charge < -0.3 is 4.42 Å². The fourth-order valence-electron chi connectivity index (χ4n) is 1.67. The van der Waals surface area contributed by atoms with Gasteiger partial charge in [-0.05, 0) is 45.0 Å². The molecule has 1 aromatic carbocycles. The first-order valence-corrected chi connectivity index (χ1v) is 6.04. The molecule has 0 aliphatic heterocycles. The third kappa shape index (κ3) is 3.31. The van der Waals surface area contributed by atoms with Crippen LogP contribution >= 0.6 is 0 Å². The van der Waals surface area contributed by atoms with Crippen molar-refractivity contribution in [1.82, 2.24) is 5.43 Å². The smallest absolute Gasteiger partial charge is 0.271 e. The lowest BCUT2D eigenvalue weighted by molar-refractivity contribution is 0.0954. The van der Waals surface area contributed by atoms with Crippen molar-refractivity contribution < 1.29 is 9.21 Å². The molecule has 19 heavy (non-hydrogen) atoms. The Labute approximate surface area is 112 Å². The van der Waals surface area contributed by atoms with Crippen LogP contribution in [-0.2, 0) is 0 Å². The number of hydrazone groups is 1. The Kier molecular flexibility index (Phi) is 3.80. The highest BCUT2D eigenvalue weighted by molar-refractivity contribution is 5.99. The Morgan fingerprint density at radius 3 is 2.63 bits per heavy atom. The summed E-state index contributed by atoms with van der Waals surface area (Å²) in [5.74, 6) is 1.24. The second kappa shape index (κ2) is 5.52. The first-order valence-electron chi connectivity index (χ1n) is 6.04. The molecule has 1 aromatic heterocycles. The van der Waals surface area contributed by atoms with Crippen molar-refractivity contribution in [2.45, 2.75) is 20.8 Å². The summed E-state index contributed by atoms with van der Waals surface area (Å²) in [7, 11) is 0. The average molecular weight is 256 g/mol. The first kappa shape index (κ1) is 13.1. The van der Waals surface area contributed by atoms with Crippen LogP contribution < -0.4 is 5.43 Å².